The van der Waals surface area contributed by atoms with Gasteiger partial charge in [-0.1, -0.05) is 28.1 Å². The highest BCUT2D eigenvalue weighted by Crippen LogP contribution is 2.27. The van der Waals surface area contributed by atoms with E-state index in [1.165, 1.54) is 21.6 Å². The SMILES string of the molecule is Cc1cc(CBr)cc2c1CN(C(=O)O)C2. The molecule has 15 heavy (non-hydrogen) atoms. The molecule has 0 aromatic heterocycles. The van der Waals surface area contributed by atoms with E-state index >= 15 is 0 Å². The molecule has 0 unspecified atom stereocenters. The summed E-state index contributed by atoms with van der Waals surface area (Å²) in [5, 5.41) is 9.73. The summed E-state index contributed by atoms with van der Waals surface area (Å²) in [7, 11) is 0. The Balaban J connectivity index is 2.37. The van der Waals surface area contributed by atoms with Crippen LogP contribution < -0.4 is 0 Å². The fourth-order valence-electron chi connectivity index (χ4n) is 2.00. The first-order valence-electron chi connectivity index (χ1n) is 4.77. The average Bonchev–Trinajstić information content (AvgIpc) is 2.61. The Kier molecular flexibility index (Phi) is 2.69. The van der Waals surface area contributed by atoms with Crippen LogP contribution in [0.4, 0.5) is 4.79 Å². The molecule has 0 atom stereocenters. The minimum absolute atomic E-state index is 0.520. The van der Waals surface area contributed by atoms with E-state index in [2.05, 4.69) is 28.1 Å². The Morgan fingerprint density at radius 3 is 2.87 bits per heavy atom. The van der Waals surface area contributed by atoms with Gasteiger partial charge >= 0.3 is 6.09 Å². The molecular weight excluding hydrogens is 258 g/mol. The highest BCUT2D eigenvalue weighted by molar-refractivity contribution is 9.08. The summed E-state index contributed by atoms with van der Waals surface area (Å²) in [5.74, 6) is 0. The Morgan fingerprint density at radius 1 is 1.53 bits per heavy atom. The minimum atomic E-state index is -0.842. The summed E-state index contributed by atoms with van der Waals surface area (Å²) >= 11 is 3.41. The molecule has 1 amide bonds. The van der Waals surface area contributed by atoms with Crippen LogP contribution in [0.1, 0.15) is 22.3 Å². The lowest BCUT2D eigenvalue weighted by Crippen LogP contribution is -2.22. The van der Waals surface area contributed by atoms with Gasteiger partial charge in [0.1, 0.15) is 0 Å². The first-order chi connectivity index (χ1) is 7.11. The molecule has 4 heteroatoms. The van der Waals surface area contributed by atoms with E-state index in [1.807, 2.05) is 6.92 Å². The van der Waals surface area contributed by atoms with E-state index in [0.717, 1.165) is 10.9 Å². The zero-order chi connectivity index (χ0) is 11.0. The van der Waals surface area contributed by atoms with E-state index in [9.17, 15) is 4.79 Å². The Morgan fingerprint density at radius 2 is 2.27 bits per heavy atom. The first-order valence-corrected chi connectivity index (χ1v) is 5.89. The largest absolute Gasteiger partial charge is 0.465 e. The molecule has 1 aliphatic heterocycles. The van der Waals surface area contributed by atoms with E-state index in [1.54, 1.807) is 0 Å². The molecule has 0 saturated heterocycles. The van der Waals surface area contributed by atoms with Crippen LogP contribution in [-0.2, 0) is 18.4 Å². The number of benzene rings is 1. The highest BCUT2D eigenvalue weighted by Gasteiger charge is 2.24. The van der Waals surface area contributed by atoms with Crippen LogP contribution in [0.3, 0.4) is 0 Å². The van der Waals surface area contributed by atoms with Crippen molar-refractivity contribution >= 4 is 22.0 Å². The lowest BCUT2D eigenvalue weighted by molar-refractivity contribution is 0.145. The van der Waals surface area contributed by atoms with Crippen LogP contribution in [-0.4, -0.2) is 16.1 Å². The number of rotatable bonds is 1. The third-order valence-electron chi connectivity index (χ3n) is 2.76. The first kappa shape index (κ1) is 10.5. The normalized spacial score (nSPS) is 14.1. The molecule has 0 bridgehead atoms. The zero-order valence-corrected chi connectivity index (χ0v) is 10.0. The smallest absolute Gasteiger partial charge is 0.407 e. The Bertz CT molecular complexity index is 417. The van der Waals surface area contributed by atoms with Gasteiger partial charge < -0.3 is 5.11 Å². The zero-order valence-electron chi connectivity index (χ0n) is 8.46. The maximum atomic E-state index is 10.9. The number of carbonyl (C=O) groups is 1. The standard InChI is InChI=1S/C11H12BrNO2/c1-7-2-8(4-12)3-9-5-13(11(14)15)6-10(7)9/h2-3H,4-6H2,1H3,(H,14,15). The van der Waals surface area contributed by atoms with E-state index in [0.29, 0.717) is 13.1 Å². The molecule has 0 radical (unpaired) electrons. The quantitative estimate of drug-likeness (QED) is 0.797. The van der Waals surface area contributed by atoms with Crippen molar-refractivity contribution in [3.8, 4) is 0 Å². The maximum absolute atomic E-state index is 10.9. The lowest BCUT2D eigenvalue weighted by Gasteiger charge is -2.08. The molecule has 1 aromatic rings. The van der Waals surface area contributed by atoms with Crippen molar-refractivity contribution in [1.82, 2.24) is 4.90 Å². The molecule has 0 saturated carbocycles. The number of aryl methyl sites for hydroxylation is 1. The number of fused-ring (bicyclic) bond motifs is 1. The van der Waals surface area contributed by atoms with Gasteiger partial charge in [-0.05, 0) is 29.2 Å². The molecule has 2 rings (SSSR count). The van der Waals surface area contributed by atoms with Crippen LogP contribution in [0, 0.1) is 6.92 Å². The predicted molar refractivity (Wildman–Crippen MR) is 61.1 cm³/mol. The number of nitrogens with zero attached hydrogens (tertiary/aromatic N) is 1. The van der Waals surface area contributed by atoms with Crippen LogP contribution >= 0.6 is 15.9 Å². The molecule has 1 heterocycles. The second kappa shape index (κ2) is 3.85. The lowest BCUT2D eigenvalue weighted by atomic mass is 10.0. The number of carboxylic acid groups (broad SMARTS) is 1. The molecule has 0 spiro atoms. The van der Waals surface area contributed by atoms with Gasteiger partial charge in [0.15, 0.2) is 0 Å². The second-order valence-corrected chi connectivity index (χ2v) is 4.38. The minimum Gasteiger partial charge on any atom is -0.465 e. The summed E-state index contributed by atoms with van der Waals surface area (Å²) in [4.78, 5) is 12.3. The number of hydrogen-bond acceptors (Lipinski definition) is 1. The van der Waals surface area contributed by atoms with Gasteiger partial charge in [-0.2, -0.15) is 0 Å². The second-order valence-electron chi connectivity index (χ2n) is 3.82. The Hall–Kier alpha value is -1.03. The monoisotopic (exact) mass is 269 g/mol. The van der Waals surface area contributed by atoms with Gasteiger partial charge in [-0.3, -0.25) is 4.90 Å². The molecule has 1 aromatic carbocycles. The summed E-state index contributed by atoms with van der Waals surface area (Å²) in [6.45, 7) is 3.09. The van der Waals surface area contributed by atoms with Crippen molar-refractivity contribution in [3.63, 3.8) is 0 Å². The Labute approximate surface area is 96.8 Å². The van der Waals surface area contributed by atoms with Gasteiger partial charge in [0.25, 0.3) is 0 Å². The fraction of sp³-hybridized carbons (Fsp3) is 0.364. The number of amides is 1. The molecule has 0 fully saturated rings. The molecule has 80 valence electrons. The average molecular weight is 270 g/mol. The third kappa shape index (κ3) is 1.86. The van der Waals surface area contributed by atoms with E-state index in [4.69, 9.17) is 5.11 Å². The van der Waals surface area contributed by atoms with Crippen LogP contribution in [0.15, 0.2) is 12.1 Å². The van der Waals surface area contributed by atoms with Crippen LogP contribution in [0.2, 0.25) is 0 Å². The van der Waals surface area contributed by atoms with Crippen molar-refractivity contribution in [3.05, 3.63) is 34.4 Å². The fourth-order valence-corrected chi connectivity index (χ4v) is 2.33. The topological polar surface area (TPSA) is 40.5 Å². The molecule has 3 nitrogen and oxygen atoms in total. The molecule has 1 N–H and O–H groups in total. The summed E-state index contributed by atoms with van der Waals surface area (Å²) in [6, 6.07) is 4.19. The molecule has 1 aliphatic rings. The van der Waals surface area contributed by atoms with E-state index < -0.39 is 6.09 Å². The maximum Gasteiger partial charge on any atom is 0.407 e. The van der Waals surface area contributed by atoms with Crippen molar-refractivity contribution in [1.29, 1.82) is 0 Å². The summed E-state index contributed by atoms with van der Waals surface area (Å²) < 4.78 is 0. The van der Waals surface area contributed by atoms with E-state index in [-0.39, 0.29) is 0 Å². The third-order valence-corrected chi connectivity index (χ3v) is 3.41. The van der Waals surface area contributed by atoms with Gasteiger partial charge in [-0.15, -0.1) is 0 Å². The predicted octanol–water partition coefficient (Wildman–Crippen LogP) is 2.88. The van der Waals surface area contributed by atoms with Crippen molar-refractivity contribution in [2.75, 3.05) is 0 Å². The van der Waals surface area contributed by atoms with Gasteiger partial charge in [0.2, 0.25) is 0 Å². The summed E-state index contributed by atoms with van der Waals surface area (Å²) in [5.41, 5.74) is 4.71. The highest BCUT2D eigenvalue weighted by atomic mass is 79.9. The number of alkyl halides is 1. The van der Waals surface area contributed by atoms with Crippen molar-refractivity contribution in [2.24, 2.45) is 0 Å². The summed E-state index contributed by atoms with van der Waals surface area (Å²) in [6.07, 6.45) is -0.842. The molecule has 0 aliphatic carbocycles. The van der Waals surface area contributed by atoms with Gasteiger partial charge in [0, 0.05) is 18.4 Å². The number of halogens is 1. The van der Waals surface area contributed by atoms with Crippen molar-refractivity contribution in [2.45, 2.75) is 25.3 Å². The van der Waals surface area contributed by atoms with Crippen LogP contribution in [0.5, 0.6) is 0 Å². The van der Waals surface area contributed by atoms with Gasteiger partial charge in [-0.25, -0.2) is 4.79 Å². The molecular formula is C11H12BrNO2. The van der Waals surface area contributed by atoms with Crippen LogP contribution in [0.25, 0.3) is 0 Å². The van der Waals surface area contributed by atoms with Gasteiger partial charge in [0.05, 0.1) is 0 Å². The number of hydrogen-bond donors (Lipinski definition) is 1. The van der Waals surface area contributed by atoms with Crippen molar-refractivity contribution < 1.29 is 9.90 Å².